The minimum absolute atomic E-state index is 0.146. The van der Waals surface area contributed by atoms with Crippen molar-refractivity contribution in [1.29, 1.82) is 0 Å². The molecule has 1 unspecified atom stereocenters. The van der Waals surface area contributed by atoms with E-state index in [9.17, 15) is 14.7 Å². The molecule has 144 valence electrons. The molecule has 1 aliphatic rings. The van der Waals surface area contributed by atoms with Crippen LogP contribution in [0.3, 0.4) is 0 Å². The molecule has 3 aromatic rings. The number of aryl methyl sites for hydroxylation is 2. The summed E-state index contributed by atoms with van der Waals surface area (Å²) < 4.78 is 1.58. The van der Waals surface area contributed by atoms with Gasteiger partial charge in [-0.2, -0.15) is 4.98 Å². The van der Waals surface area contributed by atoms with Crippen molar-refractivity contribution in [3.8, 4) is 0 Å². The van der Waals surface area contributed by atoms with Crippen molar-refractivity contribution in [2.45, 2.75) is 26.7 Å². The predicted octanol–water partition coefficient (Wildman–Crippen LogP) is 2.14. The van der Waals surface area contributed by atoms with Gasteiger partial charge in [0.1, 0.15) is 0 Å². The van der Waals surface area contributed by atoms with Gasteiger partial charge in [0.05, 0.1) is 5.56 Å². The van der Waals surface area contributed by atoms with Crippen LogP contribution in [0.2, 0.25) is 0 Å². The predicted molar refractivity (Wildman–Crippen MR) is 101 cm³/mol. The van der Waals surface area contributed by atoms with Crippen LogP contribution in [-0.4, -0.2) is 54.6 Å². The van der Waals surface area contributed by atoms with Gasteiger partial charge in [-0.25, -0.2) is 14.3 Å². The van der Waals surface area contributed by atoms with E-state index in [0.29, 0.717) is 30.9 Å². The van der Waals surface area contributed by atoms with Crippen LogP contribution in [0.4, 0.5) is 0 Å². The molecule has 1 saturated heterocycles. The maximum absolute atomic E-state index is 12.9. The molecule has 1 N–H and O–H groups in total. The number of hydrogen-bond donors (Lipinski definition) is 1. The Morgan fingerprint density at radius 1 is 1.21 bits per heavy atom. The highest BCUT2D eigenvalue weighted by Crippen LogP contribution is 2.24. The highest BCUT2D eigenvalue weighted by Gasteiger charge is 2.30. The van der Waals surface area contributed by atoms with E-state index >= 15 is 0 Å². The van der Waals surface area contributed by atoms with Gasteiger partial charge in [-0.3, -0.25) is 4.79 Å². The SMILES string of the molecule is Cc1cc(C)n2nc(C(=O)N3CCC(Cc4ccccc4C(=O)O)C3)nc2n1. The molecule has 1 aliphatic heterocycles. The fraction of sp³-hybridized carbons (Fsp3) is 0.350. The second-order valence-electron chi connectivity index (χ2n) is 7.26. The second-order valence-corrected chi connectivity index (χ2v) is 7.26. The van der Waals surface area contributed by atoms with Gasteiger partial charge in [0.2, 0.25) is 5.82 Å². The Labute approximate surface area is 161 Å². The number of carbonyl (C=O) groups is 2. The van der Waals surface area contributed by atoms with E-state index in [1.165, 1.54) is 0 Å². The number of nitrogens with zero attached hydrogens (tertiary/aromatic N) is 5. The Morgan fingerprint density at radius 3 is 2.79 bits per heavy atom. The van der Waals surface area contributed by atoms with Crippen molar-refractivity contribution < 1.29 is 14.7 Å². The highest BCUT2D eigenvalue weighted by atomic mass is 16.4. The van der Waals surface area contributed by atoms with Crippen LogP contribution in [0.15, 0.2) is 30.3 Å². The quantitative estimate of drug-likeness (QED) is 0.745. The average molecular weight is 379 g/mol. The number of rotatable bonds is 4. The number of amides is 1. The Balaban J connectivity index is 1.49. The molecule has 4 rings (SSSR count). The van der Waals surface area contributed by atoms with Gasteiger partial charge in [0, 0.05) is 24.5 Å². The molecule has 0 bridgehead atoms. The zero-order chi connectivity index (χ0) is 19.8. The van der Waals surface area contributed by atoms with Crippen LogP contribution in [0.1, 0.15) is 44.3 Å². The number of aromatic carboxylic acids is 1. The van der Waals surface area contributed by atoms with E-state index in [1.807, 2.05) is 32.0 Å². The lowest BCUT2D eigenvalue weighted by molar-refractivity contribution is 0.0693. The van der Waals surface area contributed by atoms with E-state index in [4.69, 9.17) is 0 Å². The number of aromatic nitrogens is 4. The molecule has 28 heavy (non-hydrogen) atoms. The van der Waals surface area contributed by atoms with E-state index in [0.717, 1.165) is 23.4 Å². The third-order valence-electron chi connectivity index (χ3n) is 5.14. The minimum atomic E-state index is -0.923. The van der Waals surface area contributed by atoms with Crippen LogP contribution in [0.25, 0.3) is 5.78 Å². The number of carboxylic acid groups (broad SMARTS) is 1. The van der Waals surface area contributed by atoms with Crippen molar-refractivity contribution >= 4 is 17.7 Å². The summed E-state index contributed by atoms with van der Waals surface area (Å²) in [6.07, 6.45) is 1.45. The Kier molecular flexibility index (Phi) is 4.54. The Bertz CT molecular complexity index is 1070. The van der Waals surface area contributed by atoms with Gasteiger partial charge in [0.25, 0.3) is 11.7 Å². The number of hydrogen-bond acceptors (Lipinski definition) is 5. The molecule has 0 saturated carbocycles. The molecule has 1 fully saturated rings. The van der Waals surface area contributed by atoms with Gasteiger partial charge in [-0.05, 0) is 50.3 Å². The molecule has 0 spiro atoms. The summed E-state index contributed by atoms with van der Waals surface area (Å²) in [4.78, 5) is 34.6. The van der Waals surface area contributed by atoms with E-state index in [1.54, 1.807) is 21.5 Å². The van der Waals surface area contributed by atoms with Gasteiger partial charge in [-0.1, -0.05) is 18.2 Å². The summed E-state index contributed by atoms with van der Waals surface area (Å²) in [7, 11) is 0. The third kappa shape index (κ3) is 3.33. The van der Waals surface area contributed by atoms with Crippen molar-refractivity contribution in [2.24, 2.45) is 5.92 Å². The molecule has 0 radical (unpaired) electrons. The maximum atomic E-state index is 12.9. The molecule has 1 aromatic carbocycles. The fourth-order valence-corrected chi connectivity index (χ4v) is 3.80. The number of fused-ring (bicyclic) bond motifs is 1. The molecule has 1 atom stereocenters. The number of carbonyl (C=O) groups excluding carboxylic acids is 1. The van der Waals surface area contributed by atoms with Crippen molar-refractivity contribution in [3.63, 3.8) is 0 Å². The van der Waals surface area contributed by atoms with Crippen LogP contribution in [-0.2, 0) is 6.42 Å². The summed E-state index contributed by atoms with van der Waals surface area (Å²) in [5, 5.41) is 13.7. The van der Waals surface area contributed by atoms with Gasteiger partial charge >= 0.3 is 5.97 Å². The number of carboxylic acids is 1. The summed E-state index contributed by atoms with van der Waals surface area (Å²) in [5.41, 5.74) is 2.83. The summed E-state index contributed by atoms with van der Waals surface area (Å²) >= 11 is 0. The molecular weight excluding hydrogens is 358 g/mol. The van der Waals surface area contributed by atoms with Crippen LogP contribution >= 0.6 is 0 Å². The second kappa shape index (κ2) is 7.03. The zero-order valence-corrected chi connectivity index (χ0v) is 15.8. The summed E-state index contributed by atoms with van der Waals surface area (Å²) in [6.45, 7) is 4.95. The first-order valence-corrected chi connectivity index (χ1v) is 9.24. The Morgan fingerprint density at radius 2 is 2.00 bits per heavy atom. The fourth-order valence-electron chi connectivity index (χ4n) is 3.80. The summed E-state index contributed by atoms with van der Waals surface area (Å²) in [5.74, 6) is -0.353. The first kappa shape index (κ1) is 18.1. The van der Waals surface area contributed by atoms with Gasteiger partial charge in [-0.15, -0.1) is 5.10 Å². The molecule has 3 heterocycles. The lowest BCUT2D eigenvalue weighted by Crippen LogP contribution is -2.30. The minimum Gasteiger partial charge on any atom is -0.478 e. The highest BCUT2D eigenvalue weighted by molar-refractivity contribution is 5.91. The first-order chi connectivity index (χ1) is 13.4. The van der Waals surface area contributed by atoms with Crippen LogP contribution in [0, 0.1) is 19.8 Å². The van der Waals surface area contributed by atoms with Crippen molar-refractivity contribution in [3.05, 3.63) is 58.7 Å². The molecule has 0 aliphatic carbocycles. The van der Waals surface area contributed by atoms with Crippen LogP contribution < -0.4 is 0 Å². The first-order valence-electron chi connectivity index (χ1n) is 9.24. The molecular formula is C20H21N5O3. The monoisotopic (exact) mass is 379 g/mol. The lowest BCUT2D eigenvalue weighted by Gasteiger charge is -2.15. The molecule has 8 nitrogen and oxygen atoms in total. The molecule has 8 heteroatoms. The Hall–Kier alpha value is -3.29. The number of likely N-dealkylation sites (tertiary alicyclic amines) is 1. The zero-order valence-electron chi connectivity index (χ0n) is 15.8. The smallest absolute Gasteiger partial charge is 0.335 e. The van der Waals surface area contributed by atoms with E-state index in [-0.39, 0.29) is 17.6 Å². The van der Waals surface area contributed by atoms with Gasteiger partial charge < -0.3 is 10.0 Å². The van der Waals surface area contributed by atoms with Crippen molar-refractivity contribution in [1.82, 2.24) is 24.5 Å². The standard InChI is InChI=1S/C20H21N5O3/c1-12-9-13(2)25-20(21-12)22-17(23-25)18(26)24-8-7-14(11-24)10-15-5-3-4-6-16(15)19(27)28/h3-6,9,14H,7-8,10-11H2,1-2H3,(H,27,28). The lowest BCUT2D eigenvalue weighted by atomic mass is 9.95. The largest absolute Gasteiger partial charge is 0.478 e. The van der Waals surface area contributed by atoms with Gasteiger partial charge in [0.15, 0.2) is 0 Å². The summed E-state index contributed by atoms with van der Waals surface area (Å²) in [6, 6.07) is 8.92. The third-order valence-corrected chi connectivity index (χ3v) is 5.14. The van der Waals surface area contributed by atoms with E-state index < -0.39 is 5.97 Å². The number of benzene rings is 1. The topological polar surface area (TPSA) is 101 Å². The van der Waals surface area contributed by atoms with Crippen LogP contribution in [0.5, 0.6) is 0 Å². The molecule has 2 aromatic heterocycles. The maximum Gasteiger partial charge on any atom is 0.335 e. The van der Waals surface area contributed by atoms with Crippen molar-refractivity contribution in [2.75, 3.05) is 13.1 Å². The average Bonchev–Trinajstić information content (AvgIpc) is 3.28. The van der Waals surface area contributed by atoms with E-state index in [2.05, 4.69) is 15.1 Å². The molecule has 1 amide bonds. The normalized spacial score (nSPS) is 16.6.